The Morgan fingerprint density at radius 3 is 0.547 bits per heavy atom. The van der Waals surface area contributed by atoms with Crippen molar-refractivity contribution in [2.75, 3.05) is 18.5 Å². The second-order valence-electron chi connectivity index (χ2n) is 18.0. The van der Waals surface area contributed by atoms with Gasteiger partial charge in [-0.15, -0.1) is 0 Å². The zero-order valence-corrected chi connectivity index (χ0v) is 46.4. The van der Waals surface area contributed by atoms with Crippen LogP contribution in [0.3, 0.4) is 0 Å². The summed E-state index contributed by atoms with van der Waals surface area (Å²) in [5, 5.41) is 0. The predicted octanol–water partition coefficient (Wildman–Crippen LogP) is 18.4. The molecule has 10 heteroatoms. The molecule has 3 atom stereocenters. The minimum absolute atomic E-state index is 0. The van der Waals surface area contributed by atoms with Crippen LogP contribution in [0.4, 0.5) is 0 Å². The molecule has 6 nitrogen and oxygen atoms in total. The molecule has 0 amide bonds. The van der Waals surface area contributed by atoms with Crippen molar-refractivity contribution in [3.05, 3.63) is 36.5 Å². The van der Waals surface area contributed by atoms with Gasteiger partial charge in [0, 0.05) is 0 Å². The van der Waals surface area contributed by atoms with Gasteiger partial charge in [-0.2, -0.15) is 0 Å². The van der Waals surface area contributed by atoms with Gasteiger partial charge < -0.3 is 14.7 Å². The van der Waals surface area contributed by atoms with Gasteiger partial charge in [-0.05, 0) is 116 Å². The van der Waals surface area contributed by atoms with Crippen molar-refractivity contribution in [1.29, 1.82) is 0 Å². The largest absolute Gasteiger partial charge is 3.00 e. The Morgan fingerprint density at radius 2 is 0.391 bits per heavy atom. The van der Waals surface area contributed by atoms with Gasteiger partial charge in [0.1, 0.15) is 18.5 Å². The zero-order valence-electron chi connectivity index (χ0n) is 42.5. The summed E-state index contributed by atoms with van der Waals surface area (Å²) in [4.78, 5) is 31.1. The second kappa shape index (κ2) is 67.2. The van der Waals surface area contributed by atoms with E-state index < -0.39 is 24.1 Å². The number of allylic oxidation sites excluding steroid dienone is 6. The van der Waals surface area contributed by atoms with E-state index in [9.17, 15) is 28.4 Å². The normalized spacial score (nSPS) is 12.0. The van der Waals surface area contributed by atoms with Crippen molar-refractivity contribution >= 4 is 24.1 Å². The predicted molar refractivity (Wildman–Crippen MR) is 276 cm³/mol. The summed E-state index contributed by atoms with van der Waals surface area (Å²) in [5.74, 6) is 0. The van der Waals surface area contributed by atoms with Crippen LogP contribution in [0.2, 0.25) is 0 Å². The molecule has 0 aliphatic heterocycles. The molecule has 0 spiro atoms. The molecule has 64 heavy (non-hydrogen) atoms. The third kappa shape index (κ3) is 79.1. The Bertz CT molecular complexity index is 886. The summed E-state index contributed by atoms with van der Waals surface area (Å²) in [5.41, 5.74) is 0. The third-order valence-electron chi connectivity index (χ3n) is 11.6. The molecule has 0 aromatic heterocycles. The molecule has 0 aromatic rings. The summed E-state index contributed by atoms with van der Waals surface area (Å²) in [6, 6.07) is 0. The molecule has 0 aliphatic rings. The molecule has 0 bridgehead atoms. The van der Waals surface area contributed by atoms with E-state index in [0.717, 1.165) is 38.5 Å². The maximum Gasteiger partial charge on any atom is 3.00 e. The van der Waals surface area contributed by atoms with Crippen molar-refractivity contribution in [3.8, 4) is 0 Å². The summed E-state index contributed by atoms with van der Waals surface area (Å²) in [6.07, 6.45) is 68.1. The Hall–Kier alpha value is -0.0675. The molecule has 0 saturated heterocycles. The SMILES string of the molecule is CCCCCCCCC=CCCCCCCCC[P+](=O)[O-].CCCCCCCCC=CCCCCCCCC[P+](=O)[O-].CCCCCCCCC=CCCCCCCCC[P+](=O)[O-].[Cr+3]. The van der Waals surface area contributed by atoms with Gasteiger partial charge in [0.2, 0.25) is 0 Å². The molecule has 375 valence electrons. The molecule has 0 rings (SSSR count). The van der Waals surface area contributed by atoms with Crippen LogP contribution in [0.15, 0.2) is 36.5 Å². The van der Waals surface area contributed by atoms with Crippen LogP contribution in [0.25, 0.3) is 0 Å². The van der Waals surface area contributed by atoms with Gasteiger partial charge in [-0.1, -0.05) is 225 Å². The Morgan fingerprint density at radius 1 is 0.250 bits per heavy atom. The molecule has 3 unspecified atom stereocenters. The van der Waals surface area contributed by atoms with E-state index in [1.54, 1.807) is 0 Å². The quantitative estimate of drug-likeness (QED) is 0.0340. The zero-order chi connectivity index (χ0) is 46.8. The van der Waals surface area contributed by atoms with Gasteiger partial charge in [0.25, 0.3) is 0 Å². The standard InChI is InChI=1S/3C18H35O2P.Cr/c3*1-2-3-4-5-6-7-8-9-10-11-12-13-14-15-16-17-18-21(19)20;/h3*9-10H,2-8,11-18H2,1H3;/q;;;+3. The topological polar surface area (TPSA) is 120 Å². The molecule has 0 fully saturated rings. The van der Waals surface area contributed by atoms with Crippen molar-refractivity contribution < 1.29 is 45.7 Å². The average Bonchev–Trinajstić information content (AvgIpc) is 3.26. The molecule has 0 aliphatic carbocycles. The Balaban J connectivity index is -0.000000419. The van der Waals surface area contributed by atoms with Gasteiger partial charge in [-0.25, -0.2) is 0 Å². The molecule has 0 saturated carbocycles. The number of hydrogen-bond donors (Lipinski definition) is 0. The fourth-order valence-corrected chi connectivity index (χ4v) is 8.91. The summed E-state index contributed by atoms with van der Waals surface area (Å²) in [6.45, 7) is 6.79. The molecular weight excluding hydrogens is 890 g/mol. The van der Waals surface area contributed by atoms with Crippen LogP contribution in [0.5, 0.6) is 0 Å². The second-order valence-corrected chi connectivity index (χ2v) is 21.3. The van der Waals surface area contributed by atoms with E-state index in [2.05, 4.69) is 57.2 Å². The van der Waals surface area contributed by atoms with E-state index in [-0.39, 0.29) is 17.4 Å². The van der Waals surface area contributed by atoms with Gasteiger partial charge in [0.15, 0.2) is 0 Å². The van der Waals surface area contributed by atoms with E-state index in [4.69, 9.17) is 0 Å². The Labute approximate surface area is 413 Å². The van der Waals surface area contributed by atoms with Crippen LogP contribution in [0.1, 0.15) is 290 Å². The smallest absolute Gasteiger partial charge is 0.596 e. The van der Waals surface area contributed by atoms with Crippen LogP contribution in [-0.4, -0.2) is 18.5 Å². The molecule has 0 heterocycles. The van der Waals surface area contributed by atoms with Crippen LogP contribution >= 0.6 is 24.1 Å². The summed E-state index contributed by atoms with van der Waals surface area (Å²) in [7, 11) is -6.46. The van der Waals surface area contributed by atoms with Gasteiger partial charge in [-0.3, -0.25) is 0 Å². The fourth-order valence-electron chi connectivity index (χ4n) is 7.47. The third-order valence-corrected chi connectivity index (χ3v) is 13.6. The van der Waals surface area contributed by atoms with E-state index in [1.807, 2.05) is 0 Å². The maximum absolute atomic E-state index is 10.4. The maximum atomic E-state index is 10.4. The van der Waals surface area contributed by atoms with Crippen LogP contribution < -0.4 is 14.7 Å². The first-order valence-electron chi connectivity index (χ1n) is 27.1. The van der Waals surface area contributed by atoms with Crippen molar-refractivity contribution in [2.45, 2.75) is 290 Å². The summed E-state index contributed by atoms with van der Waals surface area (Å²) < 4.78 is 31.1. The first-order valence-corrected chi connectivity index (χ1v) is 31.2. The molecular formula is C54H105CrO6P3+3. The van der Waals surface area contributed by atoms with Crippen molar-refractivity contribution in [1.82, 2.24) is 0 Å². The van der Waals surface area contributed by atoms with E-state index in [1.165, 1.54) is 231 Å². The van der Waals surface area contributed by atoms with E-state index >= 15 is 0 Å². The fraction of sp³-hybridized carbons (Fsp3) is 0.889. The first-order chi connectivity index (χ1) is 30.8. The number of hydrogen-bond acceptors (Lipinski definition) is 6. The van der Waals surface area contributed by atoms with Crippen molar-refractivity contribution in [2.24, 2.45) is 0 Å². The molecule has 1 radical (unpaired) electrons. The number of rotatable bonds is 48. The minimum atomic E-state index is -2.15. The first kappa shape index (κ1) is 70.5. The minimum Gasteiger partial charge on any atom is -0.596 e. The van der Waals surface area contributed by atoms with Gasteiger partial charge >= 0.3 is 41.4 Å². The van der Waals surface area contributed by atoms with Crippen molar-refractivity contribution in [3.63, 3.8) is 0 Å². The molecule has 0 N–H and O–H groups in total. The summed E-state index contributed by atoms with van der Waals surface area (Å²) >= 11 is 0. The monoisotopic (exact) mass is 995 g/mol. The van der Waals surface area contributed by atoms with E-state index in [0.29, 0.717) is 18.5 Å². The Kier molecular flexibility index (Phi) is 74.0. The van der Waals surface area contributed by atoms with Gasteiger partial charge in [0.05, 0.1) is 0 Å². The number of unbranched alkanes of at least 4 members (excludes halogenated alkanes) is 36. The van der Waals surface area contributed by atoms with Crippen LogP contribution in [0, 0.1) is 0 Å². The van der Waals surface area contributed by atoms with Crippen LogP contribution in [-0.2, 0) is 31.1 Å². The molecule has 0 aromatic carbocycles. The average molecular weight is 995 g/mol.